The van der Waals surface area contributed by atoms with Crippen LogP contribution in [-0.2, 0) is 6.61 Å². The van der Waals surface area contributed by atoms with Crippen LogP contribution in [0.4, 0.5) is 5.69 Å². The van der Waals surface area contributed by atoms with Crippen molar-refractivity contribution in [3.8, 4) is 11.4 Å². The highest BCUT2D eigenvalue weighted by Gasteiger charge is 2.16. The number of ether oxygens (including phenoxy) is 1. The second-order valence-corrected chi connectivity index (χ2v) is 5.99. The molecule has 0 atom stereocenters. The Balaban J connectivity index is 1.80. The molecule has 128 valence electrons. The Morgan fingerprint density at radius 1 is 1.24 bits per heavy atom. The Kier molecular flexibility index (Phi) is 4.67. The van der Waals surface area contributed by atoms with Gasteiger partial charge >= 0.3 is 5.69 Å². The number of halogens is 1. The summed E-state index contributed by atoms with van der Waals surface area (Å²) in [5.74, 6) is 0.135. The first-order valence-electron chi connectivity index (χ1n) is 7.50. The lowest BCUT2D eigenvalue weighted by molar-refractivity contribution is -0.385. The third kappa shape index (κ3) is 3.61. The Morgan fingerprint density at radius 2 is 1.96 bits per heavy atom. The molecule has 0 unspecified atom stereocenters. The zero-order chi connectivity index (χ0) is 18.0. The molecular formula is C17H15ClN4O3. The first kappa shape index (κ1) is 16.9. The van der Waals surface area contributed by atoms with Gasteiger partial charge in [-0.15, -0.1) is 5.10 Å². The molecule has 3 aromatic rings. The van der Waals surface area contributed by atoms with Gasteiger partial charge in [-0.1, -0.05) is 35.0 Å². The fourth-order valence-corrected chi connectivity index (χ4v) is 2.71. The molecule has 0 aliphatic heterocycles. The van der Waals surface area contributed by atoms with Crippen LogP contribution in [0.2, 0.25) is 5.02 Å². The van der Waals surface area contributed by atoms with Crippen molar-refractivity contribution in [2.24, 2.45) is 0 Å². The fourth-order valence-electron chi connectivity index (χ4n) is 2.55. The maximum absolute atomic E-state index is 11.1. The second-order valence-electron chi connectivity index (χ2n) is 5.55. The molecule has 0 saturated heterocycles. The van der Waals surface area contributed by atoms with E-state index in [9.17, 15) is 10.1 Å². The van der Waals surface area contributed by atoms with E-state index < -0.39 is 4.92 Å². The molecule has 0 N–H and O–H groups in total. The molecule has 0 radical (unpaired) electrons. The first-order valence-corrected chi connectivity index (χ1v) is 7.88. The van der Waals surface area contributed by atoms with Crippen LogP contribution < -0.4 is 4.74 Å². The van der Waals surface area contributed by atoms with Crippen LogP contribution in [0.15, 0.2) is 42.6 Å². The van der Waals surface area contributed by atoms with E-state index in [0.717, 1.165) is 16.8 Å². The minimum atomic E-state index is -0.533. The summed E-state index contributed by atoms with van der Waals surface area (Å²) in [7, 11) is 0. The molecule has 0 spiro atoms. The smallest absolute Gasteiger partial charge is 0.312 e. The third-order valence-corrected chi connectivity index (χ3v) is 3.94. The van der Waals surface area contributed by atoms with Crippen molar-refractivity contribution < 1.29 is 9.66 Å². The number of rotatable bonds is 5. The Morgan fingerprint density at radius 3 is 2.64 bits per heavy atom. The predicted molar refractivity (Wildman–Crippen MR) is 93.3 cm³/mol. The van der Waals surface area contributed by atoms with Gasteiger partial charge < -0.3 is 4.74 Å². The van der Waals surface area contributed by atoms with E-state index in [-0.39, 0.29) is 23.1 Å². The van der Waals surface area contributed by atoms with Gasteiger partial charge in [0, 0.05) is 11.1 Å². The monoisotopic (exact) mass is 358 g/mol. The van der Waals surface area contributed by atoms with E-state index >= 15 is 0 Å². The molecule has 3 rings (SSSR count). The predicted octanol–water partition coefficient (Wildman–Crippen LogP) is 4.02. The summed E-state index contributed by atoms with van der Waals surface area (Å²) < 4.78 is 7.21. The summed E-state index contributed by atoms with van der Waals surface area (Å²) in [6.07, 6.45) is 1.75. The van der Waals surface area contributed by atoms with Crippen LogP contribution >= 0.6 is 11.6 Å². The number of aromatic nitrogens is 3. The molecule has 1 aromatic heterocycles. The molecule has 0 aliphatic rings. The average Bonchev–Trinajstić information content (AvgIpc) is 3.02. The van der Waals surface area contributed by atoms with E-state index in [0.29, 0.717) is 5.69 Å². The number of benzene rings is 2. The molecular weight excluding hydrogens is 344 g/mol. The highest BCUT2D eigenvalue weighted by atomic mass is 35.5. The first-order chi connectivity index (χ1) is 12.0. The quantitative estimate of drug-likeness (QED) is 0.508. The molecule has 1 heterocycles. The van der Waals surface area contributed by atoms with E-state index in [4.69, 9.17) is 16.3 Å². The van der Waals surface area contributed by atoms with Gasteiger partial charge in [-0.25, -0.2) is 4.68 Å². The highest BCUT2D eigenvalue weighted by Crippen LogP contribution is 2.30. The lowest BCUT2D eigenvalue weighted by Crippen LogP contribution is -2.01. The number of nitro groups is 1. The van der Waals surface area contributed by atoms with Crippen molar-refractivity contribution in [1.29, 1.82) is 0 Å². The van der Waals surface area contributed by atoms with Crippen molar-refractivity contribution in [2.75, 3.05) is 0 Å². The van der Waals surface area contributed by atoms with Gasteiger partial charge in [-0.05, 0) is 37.1 Å². The van der Waals surface area contributed by atoms with E-state index in [1.54, 1.807) is 10.9 Å². The van der Waals surface area contributed by atoms with E-state index in [1.165, 1.54) is 18.2 Å². The van der Waals surface area contributed by atoms with Gasteiger partial charge in [-0.2, -0.15) is 0 Å². The fraction of sp³-hybridized carbons (Fsp3) is 0.176. The third-order valence-electron chi connectivity index (χ3n) is 3.70. The number of hydrogen-bond donors (Lipinski definition) is 0. The molecule has 25 heavy (non-hydrogen) atoms. The van der Waals surface area contributed by atoms with Crippen molar-refractivity contribution in [3.63, 3.8) is 0 Å². The van der Waals surface area contributed by atoms with Gasteiger partial charge in [0.1, 0.15) is 12.3 Å². The highest BCUT2D eigenvalue weighted by molar-refractivity contribution is 6.30. The lowest BCUT2D eigenvalue weighted by Gasteiger charge is -2.08. The van der Waals surface area contributed by atoms with Crippen molar-refractivity contribution in [2.45, 2.75) is 20.5 Å². The number of para-hydroxylation sites is 1. The van der Waals surface area contributed by atoms with Gasteiger partial charge in [0.2, 0.25) is 0 Å². The SMILES string of the molecule is Cc1cccc(C)c1-n1cc(COc2ccc(Cl)cc2[N+](=O)[O-])nn1. The zero-order valence-electron chi connectivity index (χ0n) is 13.6. The number of nitrogens with zero attached hydrogens (tertiary/aromatic N) is 4. The molecule has 8 heteroatoms. The normalized spacial score (nSPS) is 10.7. The number of nitro benzene ring substituents is 1. The van der Waals surface area contributed by atoms with Crippen LogP contribution in [0.3, 0.4) is 0 Å². The molecule has 0 saturated carbocycles. The maximum atomic E-state index is 11.1. The molecule has 0 aliphatic carbocycles. The van der Waals surface area contributed by atoms with Crippen LogP contribution in [-0.4, -0.2) is 19.9 Å². The summed E-state index contributed by atoms with van der Waals surface area (Å²) in [6, 6.07) is 10.2. The largest absolute Gasteiger partial charge is 0.480 e. The molecule has 7 nitrogen and oxygen atoms in total. The Bertz CT molecular complexity index is 919. The standard InChI is InChI=1S/C17H15ClN4O3/c1-11-4-3-5-12(2)17(11)21-9-14(19-20-21)10-25-16-7-6-13(18)8-15(16)22(23)24/h3-9H,10H2,1-2H3. The van der Waals surface area contributed by atoms with Crippen LogP contribution in [0.25, 0.3) is 5.69 Å². The summed E-state index contributed by atoms with van der Waals surface area (Å²) in [4.78, 5) is 10.6. The van der Waals surface area contributed by atoms with E-state index in [2.05, 4.69) is 10.3 Å². The van der Waals surface area contributed by atoms with Gasteiger partial charge in [0.15, 0.2) is 5.75 Å². The molecule has 2 aromatic carbocycles. The van der Waals surface area contributed by atoms with Gasteiger partial charge in [0.25, 0.3) is 0 Å². The van der Waals surface area contributed by atoms with Gasteiger partial charge in [-0.3, -0.25) is 10.1 Å². The minimum absolute atomic E-state index is 0.0629. The summed E-state index contributed by atoms with van der Waals surface area (Å²) in [5.41, 5.74) is 3.48. The van der Waals surface area contributed by atoms with Crippen LogP contribution in [0.1, 0.15) is 16.8 Å². The Labute approximate surface area is 149 Å². The van der Waals surface area contributed by atoms with Crippen molar-refractivity contribution >= 4 is 17.3 Å². The van der Waals surface area contributed by atoms with Crippen LogP contribution in [0.5, 0.6) is 5.75 Å². The topological polar surface area (TPSA) is 83.1 Å². The molecule has 0 fully saturated rings. The number of hydrogen-bond acceptors (Lipinski definition) is 5. The zero-order valence-corrected chi connectivity index (χ0v) is 14.4. The van der Waals surface area contributed by atoms with Gasteiger partial charge in [0.05, 0.1) is 16.8 Å². The van der Waals surface area contributed by atoms with Crippen LogP contribution in [0, 0.1) is 24.0 Å². The maximum Gasteiger partial charge on any atom is 0.312 e. The van der Waals surface area contributed by atoms with E-state index in [1.807, 2.05) is 32.0 Å². The summed E-state index contributed by atoms with van der Waals surface area (Å²) >= 11 is 5.79. The summed E-state index contributed by atoms with van der Waals surface area (Å²) in [5, 5.41) is 19.6. The minimum Gasteiger partial charge on any atom is -0.480 e. The van der Waals surface area contributed by atoms with Crippen molar-refractivity contribution in [3.05, 3.63) is 74.6 Å². The molecule has 0 bridgehead atoms. The van der Waals surface area contributed by atoms with Crippen molar-refractivity contribution in [1.82, 2.24) is 15.0 Å². The second kappa shape index (κ2) is 6.90. The molecule has 0 amide bonds. The summed E-state index contributed by atoms with van der Waals surface area (Å²) in [6.45, 7) is 4.06. The Hall–Kier alpha value is -2.93. The number of aryl methyl sites for hydroxylation is 2. The lowest BCUT2D eigenvalue weighted by atomic mass is 10.1. The average molecular weight is 359 g/mol.